The summed E-state index contributed by atoms with van der Waals surface area (Å²) in [6.07, 6.45) is 1.37. The number of carbonyl (C=O) groups excluding carboxylic acids is 1. The van der Waals surface area contributed by atoms with Gasteiger partial charge in [0.05, 0.1) is 4.92 Å². The summed E-state index contributed by atoms with van der Waals surface area (Å²) in [4.78, 5) is 31.4. The summed E-state index contributed by atoms with van der Waals surface area (Å²) in [6, 6.07) is 3.70. The molecule has 1 amide bonds. The molecule has 0 fully saturated rings. The quantitative estimate of drug-likeness (QED) is 0.493. The smallest absolute Gasteiger partial charge is 0.328 e. The largest absolute Gasteiger partial charge is 0.478 e. The van der Waals surface area contributed by atoms with Crippen LogP contribution in [0.2, 0.25) is 5.02 Å². The van der Waals surface area contributed by atoms with Gasteiger partial charge in [-0.1, -0.05) is 11.6 Å². The lowest BCUT2D eigenvalue weighted by Gasteiger charge is -2.03. The van der Waals surface area contributed by atoms with Crippen molar-refractivity contribution in [2.75, 3.05) is 5.32 Å². The van der Waals surface area contributed by atoms with E-state index in [9.17, 15) is 19.7 Å². The number of carboxylic acid groups (broad SMARTS) is 1. The Bertz CT molecular complexity index is 541. The van der Waals surface area contributed by atoms with Crippen LogP contribution >= 0.6 is 11.6 Å². The topological polar surface area (TPSA) is 110 Å². The second-order valence-electron chi connectivity index (χ2n) is 3.08. The van der Waals surface area contributed by atoms with Gasteiger partial charge >= 0.3 is 5.97 Å². The first kappa shape index (κ1) is 13.7. The van der Waals surface area contributed by atoms with E-state index in [0.717, 1.165) is 12.1 Å². The van der Waals surface area contributed by atoms with Crippen molar-refractivity contribution in [2.45, 2.75) is 0 Å². The maximum Gasteiger partial charge on any atom is 0.328 e. The fourth-order valence-electron chi connectivity index (χ4n) is 1.08. The third kappa shape index (κ3) is 3.87. The van der Waals surface area contributed by atoms with Crippen molar-refractivity contribution < 1.29 is 19.6 Å². The number of carbonyl (C=O) groups is 2. The number of hydrogen-bond acceptors (Lipinski definition) is 4. The van der Waals surface area contributed by atoms with Crippen LogP contribution in [0.3, 0.4) is 0 Å². The molecule has 0 saturated heterocycles. The number of halogens is 1. The van der Waals surface area contributed by atoms with Gasteiger partial charge in [0.25, 0.3) is 5.69 Å². The van der Waals surface area contributed by atoms with Crippen molar-refractivity contribution >= 4 is 34.9 Å². The zero-order chi connectivity index (χ0) is 13.7. The van der Waals surface area contributed by atoms with Crippen LogP contribution < -0.4 is 5.32 Å². The lowest BCUT2D eigenvalue weighted by molar-refractivity contribution is -0.383. The summed E-state index contributed by atoms with van der Waals surface area (Å²) < 4.78 is 0. The average Bonchev–Trinajstić information content (AvgIpc) is 2.28. The summed E-state index contributed by atoms with van der Waals surface area (Å²) in [5.41, 5.74) is -0.441. The molecular weight excluding hydrogens is 264 g/mol. The van der Waals surface area contributed by atoms with Gasteiger partial charge in [-0.05, 0) is 12.1 Å². The number of nitro benzene ring substituents is 1. The van der Waals surface area contributed by atoms with Gasteiger partial charge in [0.2, 0.25) is 5.91 Å². The van der Waals surface area contributed by atoms with Gasteiger partial charge < -0.3 is 10.4 Å². The van der Waals surface area contributed by atoms with E-state index in [0.29, 0.717) is 6.08 Å². The van der Waals surface area contributed by atoms with E-state index in [-0.39, 0.29) is 16.4 Å². The fourth-order valence-corrected chi connectivity index (χ4v) is 1.25. The predicted molar refractivity (Wildman–Crippen MR) is 63.5 cm³/mol. The first-order valence-corrected chi connectivity index (χ1v) is 4.94. The average molecular weight is 271 g/mol. The molecule has 1 aromatic rings. The Morgan fingerprint density at radius 1 is 1.39 bits per heavy atom. The highest BCUT2D eigenvalue weighted by Crippen LogP contribution is 2.27. The van der Waals surface area contributed by atoms with Gasteiger partial charge in [0, 0.05) is 23.2 Å². The molecule has 0 radical (unpaired) electrons. The van der Waals surface area contributed by atoms with E-state index in [4.69, 9.17) is 16.7 Å². The number of nitrogens with zero attached hydrogens (tertiary/aromatic N) is 1. The van der Waals surface area contributed by atoms with Crippen molar-refractivity contribution in [1.82, 2.24) is 0 Å². The molecule has 0 atom stereocenters. The standard InChI is InChI=1S/C10H7ClN2O5/c11-6-1-2-7(8(5-6)13(17)18)12-9(14)3-4-10(15)16/h1-5H,(H,12,14)(H,15,16). The highest BCUT2D eigenvalue weighted by molar-refractivity contribution is 6.31. The number of benzene rings is 1. The summed E-state index contributed by atoms with van der Waals surface area (Å²) in [5.74, 6) is -2.08. The maximum absolute atomic E-state index is 11.3. The minimum absolute atomic E-state index is 0.0653. The Morgan fingerprint density at radius 3 is 2.61 bits per heavy atom. The molecule has 0 bridgehead atoms. The fraction of sp³-hybridized carbons (Fsp3) is 0. The normalized spacial score (nSPS) is 10.3. The van der Waals surface area contributed by atoms with Crippen molar-refractivity contribution in [3.8, 4) is 0 Å². The van der Waals surface area contributed by atoms with Crippen LogP contribution in [0.4, 0.5) is 11.4 Å². The lowest BCUT2D eigenvalue weighted by Crippen LogP contribution is -2.10. The molecule has 0 heterocycles. The summed E-state index contributed by atoms with van der Waals surface area (Å²) in [5, 5.41) is 21.4. The number of rotatable bonds is 4. The van der Waals surface area contributed by atoms with Crippen LogP contribution in [0.25, 0.3) is 0 Å². The zero-order valence-electron chi connectivity index (χ0n) is 8.79. The van der Waals surface area contributed by atoms with Crippen LogP contribution in [-0.4, -0.2) is 21.9 Å². The van der Waals surface area contributed by atoms with E-state index in [2.05, 4.69) is 5.32 Å². The first-order chi connectivity index (χ1) is 8.40. The molecule has 0 aliphatic carbocycles. The minimum Gasteiger partial charge on any atom is -0.478 e. The second-order valence-corrected chi connectivity index (χ2v) is 3.52. The Kier molecular flexibility index (Phi) is 4.39. The molecule has 0 aromatic heterocycles. The Morgan fingerprint density at radius 2 is 2.06 bits per heavy atom. The molecule has 0 aliphatic heterocycles. The van der Waals surface area contributed by atoms with Crippen LogP contribution in [0.5, 0.6) is 0 Å². The molecule has 0 saturated carbocycles. The third-order valence-electron chi connectivity index (χ3n) is 1.79. The molecule has 94 valence electrons. The molecular formula is C10H7ClN2O5. The Balaban J connectivity index is 2.94. The van der Waals surface area contributed by atoms with E-state index in [1.165, 1.54) is 12.1 Å². The maximum atomic E-state index is 11.3. The van der Waals surface area contributed by atoms with Gasteiger partial charge in [-0.2, -0.15) is 0 Å². The molecule has 7 nitrogen and oxygen atoms in total. The number of carboxylic acids is 1. The van der Waals surface area contributed by atoms with E-state index in [1.54, 1.807) is 0 Å². The molecule has 0 aliphatic rings. The van der Waals surface area contributed by atoms with Crippen LogP contribution in [0.15, 0.2) is 30.4 Å². The van der Waals surface area contributed by atoms with E-state index in [1.807, 2.05) is 0 Å². The molecule has 2 N–H and O–H groups in total. The number of nitrogens with one attached hydrogen (secondary N) is 1. The minimum atomic E-state index is -1.30. The Hall–Kier alpha value is -2.41. The monoisotopic (exact) mass is 270 g/mol. The van der Waals surface area contributed by atoms with E-state index >= 15 is 0 Å². The molecule has 1 rings (SSSR count). The molecule has 0 unspecified atom stereocenters. The number of aliphatic carboxylic acids is 1. The predicted octanol–water partition coefficient (Wildman–Crippen LogP) is 1.83. The molecule has 8 heteroatoms. The van der Waals surface area contributed by atoms with Crippen molar-refractivity contribution in [1.29, 1.82) is 0 Å². The van der Waals surface area contributed by atoms with Gasteiger partial charge in [0.15, 0.2) is 0 Å². The van der Waals surface area contributed by atoms with Crippen LogP contribution in [0, 0.1) is 10.1 Å². The Labute approximate surface area is 106 Å². The highest BCUT2D eigenvalue weighted by atomic mass is 35.5. The lowest BCUT2D eigenvalue weighted by atomic mass is 10.2. The third-order valence-corrected chi connectivity index (χ3v) is 2.03. The second kappa shape index (κ2) is 5.78. The van der Waals surface area contributed by atoms with Gasteiger partial charge in [-0.15, -0.1) is 0 Å². The van der Waals surface area contributed by atoms with Crippen molar-refractivity contribution in [3.63, 3.8) is 0 Å². The summed E-state index contributed by atoms with van der Waals surface area (Å²) in [6.45, 7) is 0. The van der Waals surface area contributed by atoms with Crippen LogP contribution in [-0.2, 0) is 9.59 Å². The summed E-state index contributed by atoms with van der Waals surface area (Å²) in [7, 11) is 0. The van der Waals surface area contributed by atoms with Crippen molar-refractivity contribution in [2.24, 2.45) is 0 Å². The van der Waals surface area contributed by atoms with Crippen LogP contribution in [0.1, 0.15) is 0 Å². The highest BCUT2D eigenvalue weighted by Gasteiger charge is 2.15. The van der Waals surface area contributed by atoms with Gasteiger partial charge in [-0.25, -0.2) is 4.79 Å². The number of nitro groups is 1. The molecule has 1 aromatic carbocycles. The SMILES string of the molecule is O=C(O)C=CC(=O)Nc1ccc(Cl)cc1[N+](=O)[O-]. The van der Waals surface area contributed by atoms with E-state index < -0.39 is 16.8 Å². The summed E-state index contributed by atoms with van der Waals surface area (Å²) >= 11 is 5.59. The molecule has 18 heavy (non-hydrogen) atoms. The number of hydrogen-bond donors (Lipinski definition) is 2. The molecule has 0 spiro atoms. The van der Waals surface area contributed by atoms with Crippen molar-refractivity contribution in [3.05, 3.63) is 45.5 Å². The van der Waals surface area contributed by atoms with Gasteiger partial charge in [0.1, 0.15) is 5.69 Å². The zero-order valence-corrected chi connectivity index (χ0v) is 9.55. The number of anilines is 1. The number of amides is 1. The van der Waals surface area contributed by atoms with Gasteiger partial charge in [-0.3, -0.25) is 14.9 Å². The first-order valence-electron chi connectivity index (χ1n) is 4.56.